The van der Waals surface area contributed by atoms with Gasteiger partial charge in [-0.05, 0) is 18.6 Å². The third-order valence-electron chi connectivity index (χ3n) is 2.63. The molecule has 0 fully saturated rings. The molecule has 1 atom stereocenters. The molecular weight excluding hydrogens is 270 g/mol. The van der Waals surface area contributed by atoms with Gasteiger partial charge in [0.25, 0.3) is 5.91 Å². The molecule has 0 spiro atoms. The highest BCUT2D eigenvalue weighted by atomic mass is 32.2. The number of rotatable bonds is 6. The minimum absolute atomic E-state index is 0.176. The van der Waals surface area contributed by atoms with Gasteiger partial charge in [-0.25, -0.2) is 13.5 Å². The SMILES string of the molecule is CON(C)C(=O)C(O)CCS(=O)(=O)c1ccccc1. The number of hydrogen-bond acceptors (Lipinski definition) is 5. The Labute approximate surface area is 112 Å². The highest BCUT2D eigenvalue weighted by Gasteiger charge is 2.23. The first-order valence-electron chi connectivity index (χ1n) is 5.66. The lowest BCUT2D eigenvalue weighted by Crippen LogP contribution is -2.36. The molecule has 1 N–H and O–H groups in total. The van der Waals surface area contributed by atoms with Crippen LogP contribution in [0.3, 0.4) is 0 Å². The first-order valence-corrected chi connectivity index (χ1v) is 7.31. The minimum atomic E-state index is -3.49. The molecule has 0 heterocycles. The highest BCUT2D eigenvalue weighted by Crippen LogP contribution is 2.12. The average molecular weight is 287 g/mol. The Balaban J connectivity index is 2.64. The van der Waals surface area contributed by atoms with Gasteiger partial charge in [-0.1, -0.05) is 18.2 Å². The van der Waals surface area contributed by atoms with Gasteiger partial charge >= 0.3 is 0 Å². The number of benzene rings is 1. The van der Waals surface area contributed by atoms with E-state index in [9.17, 15) is 18.3 Å². The Morgan fingerprint density at radius 3 is 2.47 bits per heavy atom. The summed E-state index contributed by atoms with van der Waals surface area (Å²) in [5.41, 5.74) is 0. The van der Waals surface area contributed by atoms with Crippen LogP contribution in [0.2, 0.25) is 0 Å². The van der Waals surface area contributed by atoms with E-state index in [0.717, 1.165) is 5.06 Å². The number of nitrogens with zero attached hydrogens (tertiary/aromatic N) is 1. The molecular formula is C12H17NO5S. The van der Waals surface area contributed by atoms with Crippen molar-refractivity contribution in [3.05, 3.63) is 30.3 Å². The molecule has 1 amide bonds. The van der Waals surface area contributed by atoms with Gasteiger partial charge in [0.1, 0.15) is 6.10 Å². The highest BCUT2D eigenvalue weighted by molar-refractivity contribution is 7.91. The van der Waals surface area contributed by atoms with Crippen LogP contribution in [0, 0.1) is 0 Å². The lowest BCUT2D eigenvalue weighted by Gasteiger charge is -2.17. The maximum absolute atomic E-state index is 11.9. The van der Waals surface area contributed by atoms with Gasteiger partial charge in [0.15, 0.2) is 9.84 Å². The molecule has 7 heteroatoms. The zero-order valence-electron chi connectivity index (χ0n) is 10.8. The van der Waals surface area contributed by atoms with Crippen LogP contribution in [0.4, 0.5) is 0 Å². The van der Waals surface area contributed by atoms with Crippen molar-refractivity contribution in [1.82, 2.24) is 5.06 Å². The van der Waals surface area contributed by atoms with Gasteiger partial charge in [-0.15, -0.1) is 0 Å². The topological polar surface area (TPSA) is 83.9 Å². The predicted molar refractivity (Wildman–Crippen MR) is 68.9 cm³/mol. The van der Waals surface area contributed by atoms with Crippen molar-refractivity contribution in [2.75, 3.05) is 19.9 Å². The molecule has 106 valence electrons. The summed E-state index contributed by atoms with van der Waals surface area (Å²) < 4.78 is 23.9. The predicted octanol–water partition coefficient (Wildman–Crippen LogP) is 0.231. The Kier molecular flexibility index (Phi) is 5.46. The number of carbonyl (C=O) groups excluding carboxylic acids is 1. The molecule has 0 aromatic heterocycles. The van der Waals surface area contributed by atoms with Crippen molar-refractivity contribution in [3.8, 4) is 0 Å². The lowest BCUT2D eigenvalue weighted by molar-refractivity contribution is -0.177. The van der Waals surface area contributed by atoms with Crippen molar-refractivity contribution in [3.63, 3.8) is 0 Å². The van der Waals surface area contributed by atoms with Crippen LogP contribution < -0.4 is 0 Å². The van der Waals surface area contributed by atoms with Crippen LogP contribution in [0.25, 0.3) is 0 Å². The zero-order chi connectivity index (χ0) is 14.5. The molecule has 0 aliphatic heterocycles. The van der Waals surface area contributed by atoms with Gasteiger partial charge in [0, 0.05) is 7.05 Å². The van der Waals surface area contributed by atoms with Gasteiger partial charge < -0.3 is 5.11 Å². The van der Waals surface area contributed by atoms with Crippen LogP contribution in [-0.2, 0) is 19.5 Å². The molecule has 19 heavy (non-hydrogen) atoms. The number of amides is 1. The summed E-state index contributed by atoms with van der Waals surface area (Å²) in [6.07, 6.45) is -1.58. The number of carbonyl (C=O) groups is 1. The second-order valence-corrected chi connectivity index (χ2v) is 6.06. The third kappa shape index (κ3) is 4.30. The van der Waals surface area contributed by atoms with Crippen molar-refractivity contribution in [2.45, 2.75) is 17.4 Å². The largest absolute Gasteiger partial charge is 0.383 e. The Hall–Kier alpha value is -1.44. The molecule has 0 aliphatic rings. The summed E-state index contributed by atoms with van der Waals surface area (Å²) >= 11 is 0. The summed E-state index contributed by atoms with van der Waals surface area (Å²) in [4.78, 5) is 16.3. The number of hydrogen-bond donors (Lipinski definition) is 1. The molecule has 0 radical (unpaired) electrons. The van der Waals surface area contributed by atoms with Crippen molar-refractivity contribution < 1.29 is 23.2 Å². The molecule has 1 aromatic carbocycles. The number of likely N-dealkylation sites (N-methyl/N-ethyl adjacent to an activating group) is 1. The van der Waals surface area contributed by atoms with Gasteiger partial charge in [0.05, 0.1) is 17.8 Å². The molecule has 1 unspecified atom stereocenters. The van der Waals surface area contributed by atoms with Crippen LogP contribution in [-0.4, -0.2) is 50.5 Å². The first-order chi connectivity index (χ1) is 8.88. The zero-order valence-corrected chi connectivity index (χ0v) is 11.6. The number of aliphatic hydroxyl groups is 1. The molecule has 0 saturated heterocycles. The molecule has 6 nitrogen and oxygen atoms in total. The number of hydroxylamine groups is 2. The van der Waals surface area contributed by atoms with E-state index < -0.39 is 21.8 Å². The van der Waals surface area contributed by atoms with Crippen molar-refractivity contribution >= 4 is 15.7 Å². The van der Waals surface area contributed by atoms with Gasteiger partial charge in [-0.2, -0.15) is 0 Å². The summed E-state index contributed by atoms with van der Waals surface area (Å²) in [5.74, 6) is -0.979. The van der Waals surface area contributed by atoms with E-state index >= 15 is 0 Å². The lowest BCUT2D eigenvalue weighted by atomic mass is 10.2. The summed E-state index contributed by atoms with van der Waals surface area (Å²) in [6, 6.07) is 7.90. The standard InChI is InChI=1S/C12H17NO5S/c1-13(18-2)12(15)11(14)8-9-19(16,17)10-6-4-3-5-7-10/h3-7,11,14H,8-9H2,1-2H3. The maximum atomic E-state index is 11.9. The number of aliphatic hydroxyl groups excluding tert-OH is 1. The van der Waals surface area contributed by atoms with E-state index in [1.807, 2.05) is 0 Å². The van der Waals surface area contributed by atoms with Crippen molar-refractivity contribution in [1.29, 1.82) is 0 Å². The van der Waals surface area contributed by atoms with Gasteiger partial charge in [0.2, 0.25) is 0 Å². The monoisotopic (exact) mass is 287 g/mol. The van der Waals surface area contributed by atoms with E-state index in [1.54, 1.807) is 18.2 Å². The quantitative estimate of drug-likeness (QED) is 0.757. The summed E-state index contributed by atoms with van der Waals surface area (Å²) in [7, 11) is -0.865. The summed E-state index contributed by atoms with van der Waals surface area (Å²) in [5, 5.41) is 10.5. The molecule has 0 saturated carbocycles. The molecule has 1 rings (SSSR count). The Bertz CT molecular complexity index is 514. The Morgan fingerprint density at radius 1 is 1.37 bits per heavy atom. The van der Waals surface area contributed by atoms with Crippen LogP contribution in [0.15, 0.2) is 35.2 Å². The van der Waals surface area contributed by atoms with E-state index in [-0.39, 0.29) is 17.1 Å². The van der Waals surface area contributed by atoms with E-state index in [1.165, 1.54) is 26.3 Å². The fourth-order valence-corrected chi connectivity index (χ4v) is 2.78. The first kappa shape index (κ1) is 15.6. The smallest absolute Gasteiger partial charge is 0.274 e. The van der Waals surface area contributed by atoms with E-state index in [2.05, 4.69) is 4.84 Å². The number of sulfone groups is 1. The van der Waals surface area contributed by atoms with E-state index in [4.69, 9.17) is 0 Å². The fraction of sp³-hybridized carbons (Fsp3) is 0.417. The Morgan fingerprint density at radius 2 is 1.95 bits per heavy atom. The molecule has 0 bridgehead atoms. The normalized spacial score (nSPS) is 13.0. The average Bonchev–Trinajstić information content (AvgIpc) is 2.44. The molecule has 0 aliphatic carbocycles. The van der Waals surface area contributed by atoms with Crippen LogP contribution in [0.5, 0.6) is 0 Å². The van der Waals surface area contributed by atoms with Crippen molar-refractivity contribution in [2.24, 2.45) is 0 Å². The second kappa shape index (κ2) is 6.65. The summed E-state index contributed by atoms with van der Waals surface area (Å²) in [6.45, 7) is 0. The second-order valence-electron chi connectivity index (χ2n) is 3.95. The maximum Gasteiger partial charge on any atom is 0.274 e. The van der Waals surface area contributed by atoms with Gasteiger partial charge in [-0.3, -0.25) is 9.63 Å². The minimum Gasteiger partial charge on any atom is -0.383 e. The third-order valence-corrected chi connectivity index (χ3v) is 4.40. The molecule has 1 aromatic rings. The van der Waals surface area contributed by atoms with E-state index in [0.29, 0.717) is 0 Å². The van der Waals surface area contributed by atoms with Crippen LogP contribution >= 0.6 is 0 Å². The van der Waals surface area contributed by atoms with Crippen LogP contribution in [0.1, 0.15) is 6.42 Å². The fourth-order valence-electron chi connectivity index (χ4n) is 1.44.